The fourth-order valence-electron chi connectivity index (χ4n) is 2.71. The number of nitro groups is 1. The molecule has 1 aromatic heterocycles. The Balaban J connectivity index is 1.97. The van der Waals surface area contributed by atoms with Gasteiger partial charge in [0.05, 0.1) is 10.6 Å². The highest BCUT2D eigenvalue weighted by molar-refractivity contribution is 5.51. The molecule has 0 saturated carbocycles. The summed E-state index contributed by atoms with van der Waals surface area (Å²) in [5.41, 5.74) is 0.685. The first-order valence-electron chi connectivity index (χ1n) is 7.56. The van der Waals surface area contributed by atoms with E-state index in [9.17, 15) is 15.4 Å². The van der Waals surface area contributed by atoms with E-state index < -0.39 is 4.92 Å². The van der Waals surface area contributed by atoms with E-state index in [-0.39, 0.29) is 11.4 Å². The first kappa shape index (κ1) is 15.0. The van der Waals surface area contributed by atoms with Crippen LogP contribution in [0.4, 0.5) is 11.5 Å². The number of hydrogen-bond acceptors (Lipinski definition) is 6. The lowest BCUT2D eigenvalue weighted by molar-refractivity contribution is -0.384. The van der Waals surface area contributed by atoms with Gasteiger partial charge in [0, 0.05) is 25.2 Å². The SMILES string of the molecule is N#Cc1nn(-c2cccc([N+](=O)[O-])c2)nc1N1CCCCCC1. The lowest BCUT2D eigenvalue weighted by Gasteiger charge is -2.18. The molecule has 0 aliphatic carbocycles. The van der Waals surface area contributed by atoms with Crippen LogP contribution in [0.2, 0.25) is 0 Å². The number of benzene rings is 1. The van der Waals surface area contributed by atoms with Crippen molar-refractivity contribution in [3.63, 3.8) is 0 Å². The maximum absolute atomic E-state index is 10.9. The molecule has 0 spiro atoms. The second kappa shape index (κ2) is 6.44. The van der Waals surface area contributed by atoms with Gasteiger partial charge in [-0.05, 0) is 18.9 Å². The largest absolute Gasteiger partial charge is 0.353 e. The van der Waals surface area contributed by atoms with Gasteiger partial charge >= 0.3 is 0 Å². The third-order valence-electron chi connectivity index (χ3n) is 3.88. The van der Waals surface area contributed by atoms with Gasteiger partial charge in [0.25, 0.3) is 5.69 Å². The highest BCUT2D eigenvalue weighted by Gasteiger charge is 2.20. The summed E-state index contributed by atoms with van der Waals surface area (Å²) in [5, 5.41) is 28.8. The topological polar surface area (TPSA) is 101 Å². The molecule has 1 aliphatic rings. The Hall–Kier alpha value is -2.95. The van der Waals surface area contributed by atoms with E-state index in [0.717, 1.165) is 25.9 Å². The summed E-state index contributed by atoms with van der Waals surface area (Å²) in [5.74, 6) is 0.556. The van der Waals surface area contributed by atoms with Crippen LogP contribution < -0.4 is 4.90 Å². The number of non-ortho nitro benzene ring substituents is 1. The van der Waals surface area contributed by atoms with Gasteiger partial charge in [-0.2, -0.15) is 5.26 Å². The predicted octanol–water partition coefficient (Wildman–Crippen LogP) is 2.43. The second-order valence-corrected chi connectivity index (χ2v) is 5.45. The molecular formula is C15H16N6O2. The van der Waals surface area contributed by atoms with Crippen molar-refractivity contribution in [2.75, 3.05) is 18.0 Å². The van der Waals surface area contributed by atoms with Gasteiger partial charge in [-0.3, -0.25) is 10.1 Å². The molecular weight excluding hydrogens is 296 g/mol. The Morgan fingerprint density at radius 1 is 1.17 bits per heavy atom. The zero-order valence-corrected chi connectivity index (χ0v) is 12.6. The molecule has 0 atom stereocenters. The van der Waals surface area contributed by atoms with E-state index >= 15 is 0 Å². The Kier molecular flexibility index (Phi) is 4.19. The minimum absolute atomic E-state index is 0.0327. The molecule has 0 amide bonds. The van der Waals surface area contributed by atoms with Gasteiger partial charge in [0.15, 0.2) is 5.82 Å². The molecule has 3 rings (SSSR count). The van der Waals surface area contributed by atoms with E-state index in [4.69, 9.17) is 0 Å². The number of nitriles is 1. The fraction of sp³-hybridized carbons (Fsp3) is 0.400. The smallest absolute Gasteiger partial charge is 0.271 e. The lowest BCUT2D eigenvalue weighted by atomic mass is 10.2. The van der Waals surface area contributed by atoms with Gasteiger partial charge in [0.1, 0.15) is 6.07 Å². The third kappa shape index (κ3) is 3.13. The Morgan fingerprint density at radius 2 is 1.91 bits per heavy atom. The normalized spacial score (nSPS) is 15.0. The summed E-state index contributed by atoms with van der Waals surface area (Å²) >= 11 is 0. The molecule has 2 aromatic rings. The number of aromatic nitrogens is 3. The Bertz CT molecular complexity index is 756. The van der Waals surface area contributed by atoms with Crippen molar-refractivity contribution in [2.24, 2.45) is 0 Å². The molecule has 0 bridgehead atoms. The number of rotatable bonds is 3. The highest BCUT2D eigenvalue weighted by Crippen LogP contribution is 2.22. The summed E-state index contributed by atoms with van der Waals surface area (Å²) in [6, 6.07) is 8.14. The van der Waals surface area contributed by atoms with Crippen LogP contribution in [0.3, 0.4) is 0 Å². The molecule has 0 radical (unpaired) electrons. The van der Waals surface area contributed by atoms with E-state index in [1.807, 2.05) is 0 Å². The lowest BCUT2D eigenvalue weighted by Crippen LogP contribution is -2.25. The van der Waals surface area contributed by atoms with Crippen molar-refractivity contribution >= 4 is 11.5 Å². The van der Waals surface area contributed by atoms with E-state index in [0.29, 0.717) is 11.5 Å². The van der Waals surface area contributed by atoms with Gasteiger partial charge in [-0.25, -0.2) is 0 Å². The van der Waals surface area contributed by atoms with E-state index in [1.165, 1.54) is 29.8 Å². The van der Waals surface area contributed by atoms with E-state index in [2.05, 4.69) is 21.2 Å². The van der Waals surface area contributed by atoms with Gasteiger partial charge < -0.3 is 4.90 Å². The fourth-order valence-corrected chi connectivity index (χ4v) is 2.71. The molecule has 0 N–H and O–H groups in total. The quantitative estimate of drug-likeness (QED) is 0.637. The number of anilines is 1. The Morgan fingerprint density at radius 3 is 2.57 bits per heavy atom. The van der Waals surface area contributed by atoms with Gasteiger partial charge in [-0.15, -0.1) is 15.0 Å². The van der Waals surface area contributed by atoms with Crippen LogP contribution in [0.1, 0.15) is 31.4 Å². The molecule has 23 heavy (non-hydrogen) atoms. The highest BCUT2D eigenvalue weighted by atomic mass is 16.6. The number of hydrogen-bond donors (Lipinski definition) is 0. The molecule has 8 nitrogen and oxygen atoms in total. The molecule has 2 heterocycles. The first-order chi connectivity index (χ1) is 11.2. The number of nitro benzene ring substituents is 1. The van der Waals surface area contributed by atoms with Gasteiger partial charge in [0.2, 0.25) is 5.69 Å². The maximum Gasteiger partial charge on any atom is 0.271 e. The average Bonchev–Trinajstić information content (AvgIpc) is 2.82. The van der Waals surface area contributed by atoms with Gasteiger partial charge in [-0.1, -0.05) is 18.9 Å². The summed E-state index contributed by atoms with van der Waals surface area (Å²) in [6.07, 6.45) is 4.48. The minimum atomic E-state index is -0.464. The van der Waals surface area contributed by atoms with Crippen LogP contribution in [0.25, 0.3) is 5.69 Å². The summed E-state index contributed by atoms with van der Waals surface area (Å²) in [4.78, 5) is 13.8. The van der Waals surface area contributed by atoms with Crippen LogP contribution >= 0.6 is 0 Å². The van der Waals surface area contributed by atoms with Crippen molar-refractivity contribution < 1.29 is 4.92 Å². The van der Waals surface area contributed by atoms with E-state index in [1.54, 1.807) is 12.1 Å². The standard InChI is InChI=1S/C15H16N6O2/c16-11-14-15(19-8-3-1-2-4-9-19)18-20(17-14)12-6-5-7-13(10-12)21(22)23/h5-7,10H,1-4,8-9H2. The zero-order valence-electron chi connectivity index (χ0n) is 12.6. The monoisotopic (exact) mass is 312 g/mol. The molecule has 8 heteroatoms. The average molecular weight is 312 g/mol. The van der Waals surface area contributed by atoms with Crippen molar-refractivity contribution in [3.8, 4) is 11.8 Å². The minimum Gasteiger partial charge on any atom is -0.353 e. The number of nitrogens with zero attached hydrogens (tertiary/aromatic N) is 6. The molecule has 1 saturated heterocycles. The van der Waals surface area contributed by atoms with Crippen molar-refractivity contribution in [1.29, 1.82) is 5.26 Å². The summed E-state index contributed by atoms with van der Waals surface area (Å²) < 4.78 is 0. The third-order valence-corrected chi connectivity index (χ3v) is 3.88. The Labute approximate surface area is 133 Å². The zero-order chi connectivity index (χ0) is 16.2. The van der Waals surface area contributed by atoms with Crippen LogP contribution in [-0.4, -0.2) is 33.0 Å². The summed E-state index contributed by atoms with van der Waals surface area (Å²) in [7, 11) is 0. The summed E-state index contributed by atoms with van der Waals surface area (Å²) in [6.45, 7) is 1.70. The molecule has 1 fully saturated rings. The predicted molar refractivity (Wildman–Crippen MR) is 83.4 cm³/mol. The first-order valence-corrected chi connectivity index (χ1v) is 7.56. The second-order valence-electron chi connectivity index (χ2n) is 5.45. The van der Waals surface area contributed by atoms with Crippen molar-refractivity contribution in [2.45, 2.75) is 25.7 Å². The van der Waals surface area contributed by atoms with Crippen molar-refractivity contribution in [3.05, 3.63) is 40.1 Å². The van der Waals surface area contributed by atoms with Crippen LogP contribution in [0, 0.1) is 21.4 Å². The van der Waals surface area contributed by atoms with Crippen LogP contribution in [-0.2, 0) is 0 Å². The molecule has 0 unspecified atom stereocenters. The molecule has 118 valence electrons. The van der Waals surface area contributed by atoms with Crippen LogP contribution in [0.5, 0.6) is 0 Å². The maximum atomic E-state index is 10.9. The molecule has 1 aromatic carbocycles. The van der Waals surface area contributed by atoms with Crippen molar-refractivity contribution in [1.82, 2.24) is 15.0 Å². The van der Waals surface area contributed by atoms with Crippen LogP contribution in [0.15, 0.2) is 24.3 Å². The molecule has 1 aliphatic heterocycles.